The number of aryl methyl sites for hydroxylation is 1. The number of hydrogen-bond acceptors (Lipinski definition) is 5. The molecule has 0 aromatic carbocycles. The monoisotopic (exact) mass is 281 g/mol. The summed E-state index contributed by atoms with van der Waals surface area (Å²) in [6.07, 6.45) is 4.60. The quantitative estimate of drug-likeness (QED) is 0.746. The van der Waals surface area contributed by atoms with Crippen molar-refractivity contribution in [2.45, 2.75) is 18.5 Å². The summed E-state index contributed by atoms with van der Waals surface area (Å²) in [5, 5.41) is 9.22. The zero-order valence-corrected chi connectivity index (χ0v) is 11.5. The average molecular weight is 281 g/mol. The Kier molecular flexibility index (Phi) is 3.82. The van der Waals surface area contributed by atoms with E-state index in [1.807, 2.05) is 6.92 Å². The molecule has 0 fully saturated rings. The van der Waals surface area contributed by atoms with Crippen LogP contribution >= 0.6 is 0 Å². The van der Waals surface area contributed by atoms with E-state index >= 15 is 0 Å². The van der Waals surface area contributed by atoms with Gasteiger partial charge in [-0.05, 0) is 25.6 Å². The minimum Gasteiger partial charge on any atom is -0.316 e. The predicted molar refractivity (Wildman–Crippen MR) is 71.1 cm³/mol. The van der Waals surface area contributed by atoms with Gasteiger partial charge < -0.3 is 5.32 Å². The smallest absolute Gasteiger partial charge is 0.279 e. The number of anilines is 1. The second kappa shape index (κ2) is 5.37. The van der Waals surface area contributed by atoms with Crippen LogP contribution in [0.15, 0.2) is 29.7 Å². The van der Waals surface area contributed by atoms with E-state index in [4.69, 9.17) is 0 Å². The van der Waals surface area contributed by atoms with Crippen LogP contribution in [-0.4, -0.2) is 30.6 Å². The molecule has 0 aliphatic heterocycles. The summed E-state index contributed by atoms with van der Waals surface area (Å²) in [6, 6.07) is 1.71. The summed E-state index contributed by atoms with van der Waals surface area (Å²) < 4.78 is 26.9. The van der Waals surface area contributed by atoms with Crippen LogP contribution in [-0.2, 0) is 16.6 Å². The highest BCUT2D eigenvalue weighted by Gasteiger charge is 2.20. The Hall–Kier alpha value is -1.93. The third-order valence-corrected chi connectivity index (χ3v) is 3.84. The number of H-pyrrole nitrogens is 1. The molecule has 2 rings (SSSR count). The Morgan fingerprint density at radius 3 is 2.79 bits per heavy atom. The van der Waals surface area contributed by atoms with Crippen LogP contribution < -0.4 is 10.0 Å². The van der Waals surface area contributed by atoms with E-state index in [1.54, 1.807) is 19.3 Å². The molecule has 2 aromatic rings. The highest BCUT2D eigenvalue weighted by Crippen LogP contribution is 2.17. The van der Waals surface area contributed by atoms with Crippen LogP contribution in [0.3, 0.4) is 0 Å². The number of hydrogen-bond donors (Lipinski definition) is 3. The number of aromatic nitrogens is 3. The standard InChI is InChI=1S/C11H15N5O2S/c1-8-3-10(7-13-4-8)16-19(17,18)11-9(5-12-2)6-14-15-11/h3-4,6-7,12,16H,5H2,1-2H3,(H,14,15). The van der Waals surface area contributed by atoms with E-state index in [9.17, 15) is 8.42 Å². The third-order valence-electron chi connectivity index (χ3n) is 2.44. The molecule has 0 aliphatic rings. The van der Waals surface area contributed by atoms with Crippen molar-refractivity contribution in [3.05, 3.63) is 35.8 Å². The summed E-state index contributed by atoms with van der Waals surface area (Å²) in [7, 11) is -1.95. The molecule has 0 saturated carbocycles. The third kappa shape index (κ3) is 3.09. The molecule has 2 heterocycles. The number of pyridine rings is 1. The van der Waals surface area contributed by atoms with Gasteiger partial charge in [-0.15, -0.1) is 0 Å². The Bertz CT molecular complexity index is 665. The normalized spacial score (nSPS) is 11.5. The number of sulfonamides is 1. The van der Waals surface area contributed by atoms with Crippen molar-refractivity contribution in [3.63, 3.8) is 0 Å². The summed E-state index contributed by atoms with van der Waals surface area (Å²) in [6.45, 7) is 2.26. The predicted octanol–water partition coefficient (Wildman–Crippen LogP) is 0.633. The van der Waals surface area contributed by atoms with Gasteiger partial charge in [-0.1, -0.05) is 0 Å². The van der Waals surface area contributed by atoms with Gasteiger partial charge in [0.1, 0.15) is 0 Å². The lowest BCUT2D eigenvalue weighted by Gasteiger charge is -2.08. The zero-order chi connectivity index (χ0) is 13.9. The maximum absolute atomic E-state index is 12.2. The highest BCUT2D eigenvalue weighted by molar-refractivity contribution is 7.92. The fourth-order valence-corrected chi connectivity index (χ4v) is 2.83. The van der Waals surface area contributed by atoms with E-state index in [-0.39, 0.29) is 5.03 Å². The van der Waals surface area contributed by atoms with Gasteiger partial charge in [0.2, 0.25) is 0 Å². The molecule has 0 radical (unpaired) electrons. The molecule has 7 nitrogen and oxygen atoms in total. The summed E-state index contributed by atoms with van der Waals surface area (Å²) >= 11 is 0. The molecule has 102 valence electrons. The molecule has 0 atom stereocenters. The molecule has 3 N–H and O–H groups in total. The SMILES string of the molecule is CNCc1cn[nH]c1S(=O)(=O)Nc1cncc(C)c1. The van der Waals surface area contributed by atoms with Crippen LogP contribution in [0.4, 0.5) is 5.69 Å². The molecule has 0 aliphatic carbocycles. The number of aromatic amines is 1. The van der Waals surface area contributed by atoms with E-state index in [0.717, 1.165) is 5.56 Å². The largest absolute Gasteiger partial charge is 0.316 e. The summed E-state index contributed by atoms with van der Waals surface area (Å²) in [5.74, 6) is 0. The molecule has 0 saturated heterocycles. The van der Waals surface area contributed by atoms with Crippen LogP contribution in [0, 0.1) is 6.92 Å². The molecule has 2 aromatic heterocycles. The maximum Gasteiger partial charge on any atom is 0.279 e. The zero-order valence-electron chi connectivity index (χ0n) is 10.6. The van der Waals surface area contributed by atoms with Crippen molar-refractivity contribution in [2.75, 3.05) is 11.8 Å². The van der Waals surface area contributed by atoms with Gasteiger partial charge in [0.25, 0.3) is 10.0 Å². The molecule has 19 heavy (non-hydrogen) atoms. The van der Waals surface area contributed by atoms with Crippen molar-refractivity contribution in [1.82, 2.24) is 20.5 Å². The molecular weight excluding hydrogens is 266 g/mol. The first-order valence-electron chi connectivity index (χ1n) is 5.64. The second-order valence-corrected chi connectivity index (χ2v) is 5.73. The maximum atomic E-state index is 12.2. The van der Waals surface area contributed by atoms with Crippen LogP contribution in [0.25, 0.3) is 0 Å². The van der Waals surface area contributed by atoms with Crippen molar-refractivity contribution >= 4 is 15.7 Å². The highest BCUT2D eigenvalue weighted by atomic mass is 32.2. The Balaban J connectivity index is 2.30. The van der Waals surface area contributed by atoms with E-state index in [2.05, 4.69) is 25.2 Å². The molecule has 0 spiro atoms. The van der Waals surface area contributed by atoms with Crippen LogP contribution in [0.2, 0.25) is 0 Å². The molecule has 8 heteroatoms. The minimum atomic E-state index is -3.69. The van der Waals surface area contributed by atoms with Crippen molar-refractivity contribution < 1.29 is 8.42 Å². The topological polar surface area (TPSA) is 99.8 Å². The first-order valence-corrected chi connectivity index (χ1v) is 7.12. The lowest BCUT2D eigenvalue weighted by molar-refractivity contribution is 0.595. The van der Waals surface area contributed by atoms with E-state index in [1.165, 1.54) is 12.4 Å². The summed E-state index contributed by atoms with van der Waals surface area (Å²) in [4.78, 5) is 3.94. The molecule has 0 unspecified atom stereocenters. The Labute approximate surface area is 111 Å². The van der Waals surface area contributed by atoms with Gasteiger partial charge in [-0.2, -0.15) is 13.5 Å². The fourth-order valence-electron chi connectivity index (χ4n) is 1.67. The first kappa shape index (κ1) is 13.5. The fraction of sp³-hybridized carbons (Fsp3) is 0.273. The number of nitrogens with zero attached hydrogens (tertiary/aromatic N) is 2. The van der Waals surface area contributed by atoms with Crippen LogP contribution in [0.5, 0.6) is 0 Å². The lowest BCUT2D eigenvalue weighted by atomic mass is 10.3. The van der Waals surface area contributed by atoms with Crippen molar-refractivity contribution in [3.8, 4) is 0 Å². The van der Waals surface area contributed by atoms with Gasteiger partial charge in [0, 0.05) is 18.3 Å². The van der Waals surface area contributed by atoms with Gasteiger partial charge in [-0.3, -0.25) is 14.8 Å². The first-order chi connectivity index (χ1) is 9.03. The average Bonchev–Trinajstić information content (AvgIpc) is 2.78. The molecule has 0 amide bonds. The van der Waals surface area contributed by atoms with Gasteiger partial charge in [0.05, 0.1) is 18.1 Å². The lowest BCUT2D eigenvalue weighted by Crippen LogP contribution is -2.17. The Morgan fingerprint density at radius 2 is 2.11 bits per heavy atom. The second-order valence-electron chi connectivity index (χ2n) is 4.11. The van der Waals surface area contributed by atoms with Crippen molar-refractivity contribution in [1.29, 1.82) is 0 Å². The number of nitrogens with one attached hydrogen (secondary N) is 3. The minimum absolute atomic E-state index is 0.0587. The van der Waals surface area contributed by atoms with Crippen molar-refractivity contribution in [2.24, 2.45) is 0 Å². The Morgan fingerprint density at radius 1 is 1.32 bits per heavy atom. The molecule has 0 bridgehead atoms. The van der Waals surface area contributed by atoms with Gasteiger partial charge >= 0.3 is 0 Å². The van der Waals surface area contributed by atoms with E-state index in [0.29, 0.717) is 17.8 Å². The van der Waals surface area contributed by atoms with E-state index < -0.39 is 10.0 Å². The van der Waals surface area contributed by atoms with Gasteiger partial charge in [0.15, 0.2) is 5.03 Å². The summed E-state index contributed by atoms with van der Waals surface area (Å²) in [5.41, 5.74) is 1.88. The van der Waals surface area contributed by atoms with Crippen LogP contribution in [0.1, 0.15) is 11.1 Å². The number of rotatable bonds is 5. The molecular formula is C11H15N5O2S. The van der Waals surface area contributed by atoms with Gasteiger partial charge in [-0.25, -0.2) is 0 Å².